The zero-order valence-corrected chi connectivity index (χ0v) is 12.1. The van der Waals surface area contributed by atoms with Crippen LogP contribution in [0.15, 0.2) is 42.6 Å². The quantitative estimate of drug-likeness (QED) is 0.897. The fraction of sp³-hybridized carbons (Fsp3) is 0.312. The maximum absolute atomic E-state index is 6.24. The molecule has 0 aliphatic rings. The SMILES string of the molecule is CCc1cccnc1C(Cc1ccccc1Cl)NC. The molecule has 0 amide bonds. The smallest absolute Gasteiger partial charge is 0.0608 e. The number of hydrogen-bond donors (Lipinski definition) is 1. The van der Waals surface area contributed by atoms with Gasteiger partial charge in [0.05, 0.1) is 11.7 Å². The van der Waals surface area contributed by atoms with Gasteiger partial charge in [-0.3, -0.25) is 4.98 Å². The van der Waals surface area contributed by atoms with E-state index >= 15 is 0 Å². The largest absolute Gasteiger partial charge is 0.311 e. The number of hydrogen-bond acceptors (Lipinski definition) is 2. The standard InChI is InChI=1S/C16H19ClN2/c1-3-12-8-6-10-19-16(12)15(18-2)11-13-7-4-5-9-14(13)17/h4-10,15,18H,3,11H2,1-2H3. The summed E-state index contributed by atoms with van der Waals surface area (Å²) in [6.45, 7) is 2.16. The molecule has 1 aromatic heterocycles. The van der Waals surface area contributed by atoms with Crippen molar-refractivity contribution in [3.05, 3.63) is 64.4 Å². The normalized spacial score (nSPS) is 12.4. The van der Waals surface area contributed by atoms with E-state index in [0.717, 1.165) is 29.1 Å². The van der Waals surface area contributed by atoms with Crippen LogP contribution < -0.4 is 5.32 Å². The molecule has 0 fully saturated rings. The predicted octanol–water partition coefficient (Wildman–Crippen LogP) is 3.80. The molecule has 3 heteroatoms. The minimum Gasteiger partial charge on any atom is -0.311 e. The van der Waals surface area contributed by atoms with E-state index < -0.39 is 0 Å². The summed E-state index contributed by atoms with van der Waals surface area (Å²) in [7, 11) is 1.97. The van der Waals surface area contributed by atoms with Gasteiger partial charge in [0, 0.05) is 11.2 Å². The summed E-state index contributed by atoms with van der Waals surface area (Å²) in [5, 5.41) is 4.16. The van der Waals surface area contributed by atoms with Gasteiger partial charge >= 0.3 is 0 Å². The van der Waals surface area contributed by atoms with Gasteiger partial charge in [-0.25, -0.2) is 0 Å². The third kappa shape index (κ3) is 3.34. The van der Waals surface area contributed by atoms with Gasteiger partial charge in [-0.15, -0.1) is 0 Å². The van der Waals surface area contributed by atoms with Crippen LogP contribution in [0.2, 0.25) is 5.02 Å². The van der Waals surface area contributed by atoms with Crippen LogP contribution in [0.5, 0.6) is 0 Å². The lowest BCUT2D eigenvalue weighted by atomic mass is 9.98. The second kappa shape index (κ2) is 6.69. The van der Waals surface area contributed by atoms with Gasteiger partial charge in [-0.05, 0) is 43.1 Å². The number of aryl methyl sites for hydroxylation is 1. The fourth-order valence-corrected chi connectivity index (χ4v) is 2.50. The zero-order valence-electron chi connectivity index (χ0n) is 11.4. The van der Waals surface area contributed by atoms with E-state index in [1.807, 2.05) is 37.5 Å². The van der Waals surface area contributed by atoms with Gasteiger partial charge in [-0.1, -0.05) is 42.8 Å². The Morgan fingerprint density at radius 1 is 1.16 bits per heavy atom. The molecule has 1 aromatic carbocycles. The minimum atomic E-state index is 0.191. The number of nitrogens with one attached hydrogen (secondary N) is 1. The maximum atomic E-state index is 6.24. The number of likely N-dealkylation sites (N-methyl/N-ethyl adjacent to an activating group) is 1. The van der Waals surface area contributed by atoms with Gasteiger partial charge in [0.1, 0.15) is 0 Å². The van der Waals surface area contributed by atoms with Crippen molar-refractivity contribution in [1.29, 1.82) is 0 Å². The molecule has 100 valence electrons. The molecule has 0 aliphatic carbocycles. The number of aromatic nitrogens is 1. The monoisotopic (exact) mass is 274 g/mol. The molecule has 0 spiro atoms. The van der Waals surface area contributed by atoms with Crippen LogP contribution >= 0.6 is 11.6 Å². The van der Waals surface area contributed by atoms with Crippen LogP contribution in [0, 0.1) is 0 Å². The highest BCUT2D eigenvalue weighted by atomic mass is 35.5. The van der Waals surface area contributed by atoms with Crippen LogP contribution in [0.3, 0.4) is 0 Å². The maximum Gasteiger partial charge on any atom is 0.0608 e. The van der Waals surface area contributed by atoms with Crippen LogP contribution in [0.4, 0.5) is 0 Å². The Morgan fingerprint density at radius 2 is 1.89 bits per heavy atom. The third-order valence-electron chi connectivity index (χ3n) is 3.37. The van der Waals surface area contributed by atoms with Crippen molar-refractivity contribution in [3.63, 3.8) is 0 Å². The molecule has 2 rings (SSSR count). The van der Waals surface area contributed by atoms with E-state index in [1.165, 1.54) is 5.56 Å². The lowest BCUT2D eigenvalue weighted by molar-refractivity contribution is 0.570. The number of rotatable bonds is 5. The Bertz CT molecular complexity index is 540. The van der Waals surface area contributed by atoms with E-state index in [4.69, 9.17) is 11.6 Å². The number of benzene rings is 1. The average Bonchev–Trinajstić information content (AvgIpc) is 2.46. The highest BCUT2D eigenvalue weighted by molar-refractivity contribution is 6.31. The highest BCUT2D eigenvalue weighted by Gasteiger charge is 2.15. The summed E-state index contributed by atoms with van der Waals surface area (Å²) in [5.74, 6) is 0. The van der Waals surface area contributed by atoms with Crippen molar-refractivity contribution in [3.8, 4) is 0 Å². The summed E-state index contributed by atoms with van der Waals surface area (Å²) in [6, 6.07) is 12.3. The van der Waals surface area contributed by atoms with Crippen LogP contribution in [0.1, 0.15) is 29.8 Å². The van der Waals surface area contributed by atoms with E-state index in [0.29, 0.717) is 0 Å². The molecular formula is C16H19ClN2. The van der Waals surface area contributed by atoms with Crippen molar-refractivity contribution >= 4 is 11.6 Å². The van der Waals surface area contributed by atoms with Crippen LogP contribution in [-0.4, -0.2) is 12.0 Å². The van der Waals surface area contributed by atoms with Gasteiger partial charge in [-0.2, -0.15) is 0 Å². The van der Waals surface area contributed by atoms with Crippen molar-refractivity contribution in [2.75, 3.05) is 7.05 Å². The van der Waals surface area contributed by atoms with Gasteiger partial charge < -0.3 is 5.32 Å². The van der Waals surface area contributed by atoms with Crippen molar-refractivity contribution in [2.45, 2.75) is 25.8 Å². The first kappa shape index (κ1) is 14.0. The second-order valence-corrected chi connectivity index (χ2v) is 4.95. The van der Waals surface area contributed by atoms with Crippen molar-refractivity contribution in [1.82, 2.24) is 10.3 Å². The lowest BCUT2D eigenvalue weighted by Crippen LogP contribution is -2.21. The van der Waals surface area contributed by atoms with Crippen molar-refractivity contribution in [2.24, 2.45) is 0 Å². The summed E-state index contributed by atoms with van der Waals surface area (Å²) in [6.07, 6.45) is 3.69. The molecule has 1 N–H and O–H groups in total. The summed E-state index contributed by atoms with van der Waals surface area (Å²) < 4.78 is 0. The first-order valence-electron chi connectivity index (χ1n) is 6.60. The Morgan fingerprint density at radius 3 is 2.58 bits per heavy atom. The van der Waals surface area contributed by atoms with Crippen LogP contribution in [-0.2, 0) is 12.8 Å². The summed E-state index contributed by atoms with van der Waals surface area (Å²) >= 11 is 6.24. The molecule has 2 nitrogen and oxygen atoms in total. The molecule has 19 heavy (non-hydrogen) atoms. The second-order valence-electron chi connectivity index (χ2n) is 4.54. The lowest BCUT2D eigenvalue weighted by Gasteiger charge is -2.19. The topological polar surface area (TPSA) is 24.9 Å². The third-order valence-corrected chi connectivity index (χ3v) is 3.74. The Balaban J connectivity index is 2.28. The molecule has 2 aromatic rings. The number of halogens is 1. The molecule has 1 atom stereocenters. The average molecular weight is 275 g/mol. The van der Waals surface area contributed by atoms with E-state index in [9.17, 15) is 0 Å². The molecule has 1 unspecified atom stereocenters. The van der Waals surface area contributed by atoms with Gasteiger partial charge in [0.15, 0.2) is 0 Å². The molecule has 0 saturated heterocycles. The molecule has 0 saturated carbocycles. The van der Waals surface area contributed by atoms with E-state index in [-0.39, 0.29) is 6.04 Å². The first-order valence-corrected chi connectivity index (χ1v) is 6.98. The fourth-order valence-electron chi connectivity index (χ4n) is 2.28. The molecule has 1 heterocycles. The molecule has 0 radical (unpaired) electrons. The van der Waals surface area contributed by atoms with Gasteiger partial charge in [0.2, 0.25) is 0 Å². The predicted molar refractivity (Wildman–Crippen MR) is 80.6 cm³/mol. The van der Waals surface area contributed by atoms with E-state index in [1.54, 1.807) is 0 Å². The van der Waals surface area contributed by atoms with Crippen molar-refractivity contribution < 1.29 is 0 Å². The highest BCUT2D eigenvalue weighted by Crippen LogP contribution is 2.24. The molecular weight excluding hydrogens is 256 g/mol. The minimum absolute atomic E-state index is 0.191. The number of nitrogens with zero attached hydrogens (tertiary/aromatic N) is 1. The van der Waals surface area contributed by atoms with E-state index in [2.05, 4.69) is 29.4 Å². The Hall–Kier alpha value is -1.38. The Kier molecular flexibility index (Phi) is 4.94. The zero-order chi connectivity index (χ0) is 13.7. The number of pyridine rings is 1. The summed E-state index contributed by atoms with van der Waals surface area (Å²) in [5.41, 5.74) is 3.55. The van der Waals surface area contributed by atoms with Gasteiger partial charge in [0.25, 0.3) is 0 Å². The molecule has 0 aliphatic heterocycles. The summed E-state index contributed by atoms with van der Waals surface area (Å²) in [4.78, 5) is 4.54. The van der Waals surface area contributed by atoms with Crippen LogP contribution in [0.25, 0.3) is 0 Å². The first-order chi connectivity index (χ1) is 9.26. The Labute approximate surface area is 119 Å². The molecule has 0 bridgehead atoms.